The van der Waals surface area contributed by atoms with E-state index in [4.69, 9.17) is 4.74 Å². The van der Waals surface area contributed by atoms with Crippen LogP contribution in [0.25, 0.3) is 0 Å². The average Bonchev–Trinajstić information content (AvgIpc) is 2.67. The van der Waals surface area contributed by atoms with Gasteiger partial charge in [-0.1, -0.05) is 31.5 Å². The van der Waals surface area contributed by atoms with E-state index in [1.165, 1.54) is 0 Å². The highest BCUT2D eigenvalue weighted by Gasteiger charge is 2.16. The number of benzene rings is 2. The molecule has 3 amide bonds. The van der Waals surface area contributed by atoms with Gasteiger partial charge in [0.25, 0.3) is 11.8 Å². The lowest BCUT2D eigenvalue weighted by Gasteiger charge is -2.15. The predicted octanol–water partition coefficient (Wildman–Crippen LogP) is 3.21. The third-order valence-corrected chi connectivity index (χ3v) is 4.03. The highest BCUT2D eigenvalue weighted by atomic mass is 16.5. The maximum absolute atomic E-state index is 12.2. The van der Waals surface area contributed by atoms with Crippen LogP contribution in [0, 0.1) is 12.8 Å². The van der Waals surface area contributed by atoms with Gasteiger partial charge in [0.1, 0.15) is 5.75 Å². The van der Waals surface area contributed by atoms with Gasteiger partial charge in [0.2, 0.25) is 5.91 Å². The highest BCUT2D eigenvalue weighted by Crippen LogP contribution is 2.13. The van der Waals surface area contributed by atoms with Crippen molar-refractivity contribution < 1.29 is 19.1 Å². The molecule has 0 aromatic heterocycles. The van der Waals surface area contributed by atoms with E-state index in [1.807, 2.05) is 32.9 Å². The van der Waals surface area contributed by atoms with Gasteiger partial charge in [-0.05, 0) is 56.2 Å². The maximum Gasteiger partial charge on any atom is 0.279 e. The third kappa shape index (κ3) is 7.29. The third-order valence-electron chi connectivity index (χ3n) is 4.03. The fourth-order valence-corrected chi connectivity index (χ4v) is 2.45. The van der Waals surface area contributed by atoms with Crippen LogP contribution in [-0.4, -0.2) is 23.8 Å². The summed E-state index contributed by atoms with van der Waals surface area (Å²) in [5.74, 6) is -0.190. The lowest BCUT2D eigenvalue weighted by Crippen LogP contribution is -2.47. The molecule has 0 fully saturated rings. The van der Waals surface area contributed by atoms with Gasteiger partial charge in [-0.15, -0.1) is 0 Å². The summed E-state index contributed by atoms with van der Waals surface area (Å²) in [6.07, 6.45) is -0.353. The zero-order valence-corrected chi connectivity index (χ0v) is 17.1. The molecule has 7 heteroatoms. The van der Waals surface area contributed by atoms with Crippen LogP contribution < -0.4 is 20.9 Å². The molecule has 29 heavy (non-hydrogen) atoms. The SMILES string of the molecule is Cc1ccc(OC(C)C(=O)NNC(=O)c2ccc(NC(=O)CC(C)C)cc2)cc1. The molecule has 7 nitrogen and oxygen atoms in total. The monoisotopic (exact) mass is 397 g/mol. The number of carbonyl (C=O) groups is 3. The van der Waals surface area contributed by atoms with Gasteiger partial charge in [0, 0.05) is 17.7 Å². The van der Waals surface area contributed by atoms with E-state index in [0.717, 1.165) is 5.56 Å². The van der Waals surface area contributed by atoms with Crippen LogP contribution in [0.5, 0.6) is 5.75 Å². The first kappa shape index (κ1) is 21.9. The molecule has 0 aliphatic heterocycles. The Hall–Kier alpha value is -3.35. The van der Waals surface area contributed by atoms with E-state index >= 15 is 0 Å². The molecule has 3 N–H and O–H groups in total. The van der Waals surface area contributed by atoms with Crippen LogP contribution in [0.3, 0.4) is 0 Å². The number of hydrogen-bond acceptors (Lipinski definition) is 4. The fourth-order valence-electron chi connectivity index (χ4n) is 2.45. The zero-order chi connectivity index (χ0) is 21.4. The number of hydrogen-bond donors (Lipinski definition) is 3. The molecule has 0 saturated carbocycles. The van der Waals surface area contributed by atoms with Crippen molar-refractivity contribution in [1.29, 1.82) is 0 Å². The summed E-state index contributed by atoms with van der Waals surface area (Å²) in [6, 6.07) is 13.7. The zero-order valence-electron chi connectivity index (χ0n) is 17.1. The van der Waals surface area contributed by atoms with E-state index in [9.17, 15) is 14.4 Å². The van der Waals surface area contributed by atoms with Crippen LogP contribution in [-0.2, 0) is 9.59 Å². The van der Waals surface area contributed by atoms with Crippen LogP contribution in [0.4, 0.5) is 5.69 Å². The Bertz CT molecular complexity index is 845. The first-order chi connectivity index (χ1) is 13.7. The molecule has 0 aliphatic carbocycles. The molecular weight excluding hydrogens is 370 g/mol. The number of ether oxygens (including phenoxy) is 1. The molecule has 154 valence electrons. The van der Waals surface area contributed by atoms with Crippen molar-refractivity contribution in [3.8, 4) is 5.75 Å². The summed E-state index contributed by atoms with van der Waals surface area (Å²) in [7, 11) is 0. The summed E-state index contributed by atoms with van der Waals surface area (Å²) < 4.78 is 5.55. The van der Waals surface area contributed by atoms with Gasteiger partial charge in [0.05, 0.1) is 0 Å². The Morgan fingerprint density at radius 2 is 1.52 bits per heavy atom. The molecule has 0 saturated heterocycles. The summed E-state index contributed by atoms with van der Waals surface area (Å²) in [5, 5.41) is 2.77. The smallest absolute Gasteiger partial charge is 0.279 e. The van der Waals surface area contributed by atoms with E-state index in [0.29, 0.717) is 23.4 Å². The quantitative estimate of drug-likeness (QED) is 0.625. The van der Waals surface area contributed by atoms with Gasteiger partial charge < -0.3 is 10.1 Å². The molecule has 2 aromatic carbocycles. The molecular formula is C22H27N3O4. The van der Waals surface area contributed by atoms with Crippen LogP contribution in [0.1, 0.15) is 43.1 Å². The van der Waals surface area contributed by atoms with Crippen molar-refractivity contribution in [3.63, 3.8) is 0 Å². The number of hydrazine groups is 1. The van der Waals surface area contributed by atoms with Gasteiger partial charge in [-0.25, -0.2) is 0 Å². The Balaban J connectivity index is 1.82. The second kappa shape index (κ2) is 10.3. The predicted molar refractivity (Wildman–Crippen MR) is 111 cm³/mol. The van der Waals surface area contributed by atoms with Crippen LogP contribution in [0.15, 0.2) is 48.5 Å². The number of carbonyl (C=O) groups excluding carboxylic acids is 3. The second-order valence-corrected chi connectivity index (χ2v) is 7.24. The molecule has 1 atom stereocenters. The van der Waals surface area contributed by atoms with Crippen LogP contribution >= 0.6 is 0 Å². The summed E-state index contributed by atoms with van der Waals surface area (Å²) >= 11 is 0. The van der Waals surface area contributed by atoms with E-state index in [1.54, 1.807) is 43.3 Å². The average molecular weight is 397 g/mol. The summed E-state index contributed by atoms with van der Waals surface area (Å²) in [6.45, 7) is 7.49. The largest absolute Gasteiger partial charge is 0.481 e. The highest BCUT2D eigenvalue weighted by molar-refractivity contribution is 5.97. The number of amides is 3. The van der Waals surface area contributed by atoms with Gasteiger partial charge >= 0.3 is 0 Å². The minimum Gasteiger partial charge on any atom is -0.481 e. The van der Waals surface area contributed by atoms with Crippen molar-refractivity contribution in [1.82, 2.24) is 10.9 Å². The normalized spacial score (nSPS) is 11.5. The number of nitrogens with one attached hydrogen (secondary N) is 3. The van der Waals surface area contributed by atoms with E-state index in [-0.39, 0.29) is 11.8 Å². The van der Waals surface area contributed by atoms with Crippen molar-refractivity contribution in [3.05, 3.63) is 59.7 Å². The summed E-state index contributed by atoms with van der Waals surface area (Å²) in [4.78, 5) is 36.1. The maximum atomic E-state index is 12.2. The Morgan fingerprint density at radius 1 is 0.897 bits per heavy atom. The van der Waals surface area contributed by atoms with Crippen molar-refractivity contribution in [2.75, 3.05) is 5.32 Å². The van der Waals surface area contributed by atoms with Gasteiger partial charge in [-0.3, -0.25) is 25.2 Å². The van der Waals surface area contributed by atoms with Crippen molar-refractivity contribution >= 4 is 23.4 Å². The first-order valence-electron chi connectivity index (χ1n) is 9.48. The Labute approximate surface area is 170 Å². The van der Waals surface area contributed by atoms with Crippen LogP contribution in [0.2, 0.25) is 0 Å². The molecule has 2 aromatic rings. The molecule has 0 heterocycles. The minimum atomic E-state index is -0.781. The van der Waals surface area contributed by atoms with Gasteiger partial charge in [-0.2, -0.15) is 0 Å². The van der Waals surface area contributed by atoms with E-state index < -0.39 is 17.9 Å². The molecule has 0 aliphatic rings. The number of rotatable bonds is 7. The topological polar surface area (TPSA) is 96.5 Å². The molecule has 1 unspecified atom stereocenters. The lowest BCUT2D eigenvalue weighted by atomic mass is 10.1. The van der Waals surface area contributed by atoms with Crippen molar-refractivity contribution in [2.24, 2.45) is 5.92 Å². The molecule has 0 spiro atoms. The number of aryl methyl sites for hydroxylation is 1. The first-order valence-corrected chi connectivity index (χ1v) is 9.48. The Kier molecular flexibility index (Phi) is 7.77. The molecule has 0 radical (unpaired) electrons. The lowest BCUT2D eigenvalue weighted by molar-refractivity contribution is -0.128. The van der Waals surface area contributed by atoms with Gasteiger partial charge in [0.15, 0.2) is 6.10 Å². The Morgan fingerprint density at radius 3 is 2.10 bits per heavy atom. The second-order valence-electron chi connectivity index (χ2n) is 7.24. The molecule has 2 rings (SSSR count). The number of anilines is 1. The summed E-state index contributed by atoms with van der Waals surface area (Å²) in [5.41, 5.74) is 6.75. The fraction of sp³-hybridized carbons (Fsp3) is 0.318. The minimum absolute atomic E-state index is 0.0768. The van der Waals surface area contributed by atoms with E-state index in [2.05, 4.69) is 16.2 Å². The standard InChI is InChI=1S/C22H27N3O4/c1-14(2)13-20(26)23-18-9-7-17(8-10-18)22(28)25-24-21(27)16(4)29-19-11-5-15(3)6-12-19/h5-12,14,16H,13H2,1-4H3,(H,23,26)(H,24,27)(H,25,28). The molecule has 0 bridgehead atoms. The van der Waals surface area contributed by atoms with Crippen molar-refractivity contribution in [2.45, 2.75) is 40.2 Å².